The largest absolute Gasteiger partial charge is 0.368 e. The fraction of sp³-hybridized carbons (Fsp3) is 0.429. The highest BCUT2D eigenvalue weighted by molar-refractivity contribution is 5.78. The van der Waals surface area contributed by atoms with Gasteiger partial charge in [0, 0.05) is 18.8 Å². The van der Waals surface area contributed by atoms with E-state index in [-0.39, 0.29) is 42.3 Å². The zero-order chi connectivity index (χ0) is 22.4. The van der Waals surface area contributed by atoms with E-state index in [0.29, 0.717) is 24.5 Å². The molecule has 2 heterocycles. The van der Waals surface area contributed by atoms with Crippen molar-refractivity contribution in [3.8, 4) is 0 Å². The molecule has 6 N–H and O–H groups in total. The molecule has 10 nitrogen and oxygen atoms in total. The number of hydroxylamine groups is 1. The van der Waals surface area contributed by atoms with E-state index in [2.05, 4.69) is 63.1 Å². The second-order valence-electron chi connectivity index (χ2n) is 7.71. The number of carbonyl (C=O) groups is 1. The van der Waals surface area contributed by atoms with Crippen LogP contribution in [-0.4, -0.2) is 47.6 Å². The summed E-state index contributed by atoms with van der Waals surface area (Å²) in [7, 11) is 0. The zero-order valence-corrected chi connectivity index (χ0v) is 18.0. The van der Waals surface area contributed by atoms with Gasteiger partial charge in [0.15, 0.2) is 5.82 Å². The van der Waals surface area contributed by atoms with Crippen LogP contribution in [0, 0.1) is 20.8 Å². The van der Waals surface area contributed by atoms with Gasteiger partial charge >= 0.3 is 0 Å². The maximum absolute atomic E-state index is 12.3. The normalized spacial score (nSPS) is 15.7. The topological polar surface area (TPSA) is 147 Å². The minimum atomic E-state index is -0.306. The fourth-order valence-electron chi connectivity index (χ4n) is 3.36. The van der Waals surface area contributed by atoms with Gasteiger partial charge in [0.05, 0.1) is 18.7 Å². The summed E-state index contributed by atoms with van der Waals surface area (Å²) in [5.41, 5.74) is 12.3. The molecule has 3 rings (SSSR count). The number of guanidine groups is 1. The van der Waals surface area contributed by atoms with Crippen LogP contribution in [-0.2, 0) is 22.5 Å². The minimum Gasteiger partial charge on any atom is -0.368 e. The molecule has 0 saturated heterocycles. The first-order valence-electron chi connectivity index (χ1n) is 10.2. The summed E-state index contributed by atoms with van der Waals surface area (Å²) in [6, 6.07) is 6.38. The number of aromatic nitrogens is 2. The summed E-state index contributed by atoms with van der Waals surface area (Å²) in [5, 5.41) is 5.87. The first-order valence-corrected chi connectivity index (χ1v) is 10.2. The van der Waals surface area contributed by atoms with E-state index in [0.717, 1.165) is 6.42 Å². The van der Waals surface area contributed by atoms with Gasteiger partial charge in [0.1, 0.15) is 6.10 Å². The lowest BCUT2D eigenvalue weighted by Crippen LogP contribution is -2.46. The first kappa shape index (κ1) is 22.3. The van der Waals surface area contributed by atoms with Crippen LogP contribution in [0.15, 0.2) is 28.0 Å². The molecule has 10 heteroatoms. The molecular formula is C21H29N7O3. The Morgan fingerprint density at radius 2 is 2.00 bits per heavy atom. The van der Waals surface area contributed by atoms with Gasteiger partial charge in [0.2, 0.25) is 11.9 Å². The molecule has 0 bridgehead atoms. The van der Waals surface area contributed by atoms with E-state index < -0.39 is 0 Å². The van der Waals surface area contributed by atoms with E-state index in [1.807, 2.05) is 0 Å². The molecule has 0 aliphatic carbocycles. The highest BCUT2D eigenvalue weighted by Crippen LogP contribution is 2.10. The molecule has 1 aromatic heterocycles. The summed E-state index contributed by atoms with van der Waals surface area (Å²) in [4.78, 5) is 41.0. The number of anilines is 1. The van der Waals surface area contributed by atoms with E-state index in [4.69, 9.17) is 10.6 Å². The third-order valence-corrected chi connectivity index (χ3v) is 4.83. The van der Waals surface area contributed by atoms with E-state index in [1.54, 1.807) is 6.92 Å². The molecule has 1 aliphatic rings. The number of carbonyl (C=O) groups excluding carboxylic acids is 1. The molecule has 1 aromatic carbocycles. The number of rotatable bonds is 8. The Morgan fingerprint density at radius 1 is 1.26 bits per heavy atom. The number of H-pyrrole nitrogens is 1. The maximum Gasteiger partial charge on any atom is 0.290 e. The number of nitrogens with two attached hydrogens (primary N) is 1. The third kappa shape index (κ3) is 6.54. The van der Waals surface area contributed by atoms with E-state index >= 15 is 0 Å². The lowest BCUT2D eigenvalue weighted by molar-refractivity contribution is -0.121. The number of hydrogen-bond acceptors (Lipinski definition) is 8. The van der Waals surface area contributed by atoms with Crippen LogP contribution < -0.4 is 27.4 Å². The average Bonchev–Trinajstić information content (AvgIpc) is 2.70. The van der Waals surface area contributed by atoms with Crippen molar-refractivity contribution in [1.82, 2.24) is 20.8 Å². The minimum absolute atomic E-state index is 0.0416. The first-order chi connectivity index (χ1) is 14.8. The lowest BCUT2D eigenvalue weighted by atomic mass is 10.1. The van der Waals surface area contributed by atoms with Gasteiger partial charge < -0.3 is 21.4 Å². The number of aryl methyl sites for hydroxylation is 3. The predicted octanol–water partition coefficient (Wildman–Crippen LogP) is 0.227. The molecule has 1 atom stereocenters. The van der Waals surface area contributed by atoms with Crippen LogP contribution in [0.5, 0.6) is 0 Å². The summed E-state index contributed by atoms with van der Waals surface area (Å²) >= 11 is 0. The number of nitrogens with zero attached hydrogens (tertiary/aromatic N) is 2. The van der Waals surface area contributed by atoms with Crippen molar-refractivity contribution in [2.75, 3.05) is 25.0 Å². The molecule has 0 fully saturated rings. The zero-order valence-electron chi connectivity index (χ0n) is 18.0. The second kappa shape index (κ2) is 10.1. The van der Waals surface area contributed by atoms with Gasteiger partial charge in [-0.15, -0.1) is 0 Å². The van der Waals surface area contributed by atoms with Crippen LogP contribution >= 0.6 is 0 Å². The molecule has 1 aliphatic heterocycles. The Labute approximate surface area is 180 Å². The Morgan fingerprint density at radius 3 is 2.68 bits per heavy atom. The molecular weight excluding hydrogens is 398 g/mol. The van der Waals surface area contributed by atoms with Crippen LogP contribution in [0.2, 0.25) is 0 Å². The standard InChI is InChI=1S/C21H29N7O3/c1-12-6-13(2)8-15(7-12)4-5-23-19-20(30)26-14(3)17(27-19)9-18(29)24-10-16-11-25-21(22)28-31-16/h6-8,16H,4-5,9-11H2,1-3H3,(H,23,27)(H,24,29)(H,26,30)(H3,22,25,28). The Kier molecular flexibility index (Phi) is 7.24. The summed E-state index contributed by atoms with van der Waals surface area (Å²) in [6.45, 7) is 7.06. The number of benzene rings is 1. The third-order valence-electron chi connectivity index (χ3n) is 4.83. The number of aromatic amines is 1. The van der Waals surface area contributed by atoms with Crippen LogP contribution in [0.1, 0.15) is 28.1 Å². The smallest absolute Gasteiger partial charge is 0.290 e. The summed E-state index contributed by atoms with van der Waals surface area (Å²) < 4.78 is 0. The van der Waals surface area contributed by atoms with E-state index in [1.165, 1.54) is 16.7 Å². The second-order valence-corrected chi connectivity index (χ2v) is 7.71. The average molecular weight is 428 g/mol. The van der Waals surface area contributed by atoms with Crippen molar-refractivity contribution >= 4 is 17.7 Å². The van der Waals surface area contributed by atoms with Crippen molar-refractivity contribution < 1.29 is 9.63 Å². The number of aliphatic imine (C=N–C) groups is 1. The maximum atomic E-state index is 12.3. The van der Waals surface area contributed by atoms with Gasteiger partial charge in [-0.3, -0.25) is 14.4 Å². The molecule has 0 saturated carbocycles. The van der Waals surface area contributed by atoms with Gasteiger partial charge in [-0.25, -0.2) is 15.5 Å². The number of hydrogen-bond donors (Lipinski definition) is 5. The van der Waals surface area contributed by atoms with Gasteiger partial charge in [-0.1, -0.05) is 29.3 Å². The van der Waals surface area contributed by atoms with Crippen molar-refractivity contribution in [2.24, 2.45) is 10.7 Å². The summed E-state index contributed by atoms with van der Waals surface area (Å²) in [6.07, 6.45) is 0.499. The lowest BCUT2D eigenvalue weighted by Gasteiger charge is -2.21. The Bertz CT molecular complexity index is 1010. The van der Waals surface area contributed by atoms with Crippen LogP contribution in [0.3, 0.4) is 0 Å². The van der Waals surface area contributed by atoms with Crippen LogP contribution in [0.4, 0.5) is 5.82 Å². The summed E-state index contributed by atoms with van der Waals surface area (Å²) in [5.74, 6) is 0.200. The number of nitrogens with one attached hydrogen (secondary N) is 4. The van der Waals surface area contributed by atoms with Crippen molar-refractivity contribution in [3.05, 3.63) is 56.6 Å². The SMILES string of the molecule is Cc1cc(C)cc(CCNc2nc(CC(=O)NCC3CN=C(N)NO3)c(C)[nH]c2=O)c1. The molecule has 1 unspecified atom stereocenters. The monoisotopic (exact) mass is 427 g/mol. The van der Waals surface area contributed by atoms with Gasteiger partial charge in [-0.05, 0) is 32.8 Å². The molecule has 2 aromatic rings. The molecule has 0 radical (unpaired) electrons. The molecule has 31 heavy (non-hydrogen) atoms. The Hall–Kier alpha value is -3.40. The van der Waals surface area contributed by atoms with E-state index in [9.17, 15) is 9.59 Å². The molecule has 1 amide bonds. The Balaban J connectivity index is 1.55. The molecule has 166 valence electrons. The molecule has 0 spiro atoms. The quantitative estimate of drug-likeness (QED) is 0.405. The predicted molar refractivity (Wildman–Crippen MR) is 119 cm³/mol. The van der Waals surface area contributed by atoms with Gasteiger partial charge in [0.25, 0.3) is 5.56 Å². The highest BCUT2D eigenvalue weighted by Gasteiger charge is 2.17. The van der Waals surface area contributed by atoms with Gasteiger partial charge in [-0.2, -0.15) is 0 Å². The van der Waals surface area contributed by atoms with Crippen LogP contribution in [0.25, 0.3) is 0 Å². The number of amides is 1. The van der Waals surface area contributed by atoms with Crippen molar-refractivity contribution in [1.29, 1.82) is 0 Å². The fourth-order valence-corrected chi connectivity index (χ4v) is 3.36. The van der Waals surface area contributed by atoms with Crippen molar-refractivity contribution in [2.45, 2.75) is 39.7 Å². The highest BCUT2D eigenvalue weighted by atomic mass is 16.7. The van der Waals surface area contributed by atoms with Crippen molar-refractivity contribution in [3.63, 3.8) is 0 Å².